The second-order valence-electron chi connectivity index (χ2n) is 3.59. The summed E-state index contributed by atoms with van der Waals surface area (Å²) in [7, 11) is 2.16. The SMILES string of the molecule is C=CCCCN(C)C(CN)CCC. The van der Waals surface area contributed by atoms with Crippen molar-refractivity contribution in [1.82, 2.24) is 4.90 Å². The molecule has 0 aliphatic heterocycles. The molecule has 0 spiro atoms. The number of hydrogen-bond donors (Lipinski definition) is 1. The van der Waals surface area contributed by atoms with E-state index in [0.29, 0.717) is 6.04 Å². The number of nitrogens with zero attached hydrogens (tertiary/aromatic N) is 1. The summed E-state index contributed by atoms with van der Waals surface area (Å²) in [4.78, 5) is 2.37. The van der Waals surface area contributed by atoms with Crippen LogP contribution >= 0.6 is 0 Å². The van der Waals surface area contributed by atoms with E-state index in [4.69, 9.17) is 5.73 Å². The number of hydrogen-bond acceptors (Lipinski definition) is 2. The Morgan fingerprint density at radius 2 is 2.23 bits per heavy atom. The van der Waals surface area contributed by atoms with Crippen molar-refractivity contribution in [3.05, 3.63) is 12.7 Å². The molecule has 0 heterocycles. The highest BCUT2D eigenvalue weighted by atomic mass is 15.1. The molecule has 0 saturated carbocycles. The lowest BCUT2D eigenvalue weighted by molar-refractivity contribution is 0.232. The molecule has 0 aliphatic rings. The molecule has 0 aromatic carbocycles. The molecule has 1 unspecified atom stereocenters. The fraction of sp³-hybridized carbons (Fsp3) is 0.818. The molecular formula is C11H24N2. The topological polar surface area (TPSA) is 29.3 Å². The van der Waals surface area contributed by atoms with E-state index in [0.717, 1.165) is 19.5 Å². The van der Waals surface area contributed by atoms with Crippen LogP contribution in [-0.2, 0) is 0 Å². The third-order valence-corrected chi connectivity index (χ3v) is 2.44. The Morgan fingerprint density at radius 3 is 2.69 bits per heavy atom. The van der Waals surface area contributed by atoms with Crippen LogP contribution in [-0.4, -0.2) is 31.1 Å². The summed E-state index contributed by atoms with van der Waals surface area (Å²) >= 11 is 0. The van der Waals surface area contributed by atoms with Crippen LogP contribution in [0.5, 0.6) is 0 Å². The van der Waals surface area contributed by atoms with Crippen molar-refractivity contribution in [2.24, 2.45) is 5.73 Å². The highest BCUT2D eigenvalue weighted by Crippen LogP contribution is 2.04. The maximum atomic E-state index is 5.70. The van der Waals surface area contributed by atoms with E-state index in [-0.39, 0.29) is 0 Å². The first-order chi connectivity index (χ1) is 6.26. The van der Waals surface area contributed by atoms with Gasteiger partial charge < -0.3 is 10.6 Å². The maximum Gasteiger partial charge on any atom is 0.0215 e. The number of rotatable bonds is 8. The second-order valence-corrected chi connectivity index (χ2v) is 3.59. The molecule has 78 valence electrons. The van der Waals surface area contributed by atoms with Gasteiger partial charge in [0.1, 0.15) is 0 Å². The van der Waals surface area contributed by atoms with E-state index in [1.165, 1.54) is 19.3 Å². The predicted octanol–water partition coefficient (Wildman–Crippen LogP) is 2.01. The van der Waals surface area contributed by atoms with Crippen molar-refractivity contribution >= 4 is 0 Å². The van der Waals surface area contributed by atoms with Gasteiger partial charge >= 0.3 is 0 Å². The average molecular weight is 184 g/mol. The van der Waals surface area contributed by atoms with Crippen molar-refractivity contribution in [1.29, 1.82) is 0 Å². The van der Waals surface area contributed by atoms with Gasteiger partial charge in [-0.3, -0.25) is 0 Å². The molecule has 0 amide bonds. The molecule has 0 rings (SSSR count). The Balaban J connectivity index is 3.62. The van der Waals surface area contributed by atoms with Crippen molar-refractivity contribution in [2.45, 2.75) is 38.6 Å². The van der Waals surface area contributed by atoms with Gasteiger partial charge in [0.05, 0.1) is 0 Å². The maximum absolute atomic E-state index is 5.70. The van der Waals surface area contributed by atoms with E-state index >= 15 is 0 Å². The van der Waals surface area contributed by atoms with E-state index in [9.17, 15) is 0 Å². The Bertz CT molecular complexity index is 123. The molecule has 0 aliphatic carbocycles. The molecule has 13 heavy (non-hydrogen) atoms. The molecule has 0 radical (unpaired) electrons. The molecule has 1 atom stereocenters. The number of allylic oxidation sites excluding steroid dienone is 1. The molecule has 2 N–H and O–H groups in total. The number of nitrogens with two attached hydrogens (primary N) is 1. The summed E-state index contributed by atoms with van der Waals surface area (Å²) in [5.41, 5.74) is 5.70. The third-order valence-electron chi connectivity index (χ3n) is 2.44. The Labute approximate surface area is 82.8 Å². The largest absolute Gasteiger partial charge is 0.329 e. The number of likely N-dealkylation sites (N-methyl/N-ethyl adjacent to an activating group) is 1. The van der Waals surface area contributed by atoms with Crippen LogP contribution in [0.4, 0.5) is 0 Å². The monoisotopic (exact) mass is 184 g/mol. The Kier molecular flexibility index (Phi) is 8.05. The van der Waals surface area contributed by atoms with Crippen molar-refractivity contribution < 1.29 is 0 Å². The highest BCUT2D eigenvalue weighted by molar-refractivity contribution is 4.71. The summed E-state index contributed by atoms with van der Waals surface area (Å²) in [6, 6.07) is 0.565. The number of unbranched alkanes of at least 4 members (excludes halogenated alkanes) is 1. The van der Waals surface area contributed by atoms with E-state index in [1.807, 2.05) is 6.08 Å². The van der Waals surface area contributed by atoms with Gasteiger partial charge in [0.15, 0.2) is 0 Å². The van der Waals surface area contributed by atoms with E-state index in [1.54, 1.807) is 0 Å². The van der Waals surface area contributed by atoms with Crippen LogP contribution in [0, 0.1) is 0 Å². The lowest BCUT2D eigenvalue weighted by Crippen LogP contribution is -2.38. The lowest BCUT2D eigenvalue weighted by Gasteiger charge is -2.26. The fourth-order valence-corrected chi connectivity index (χ4v) is 1.52. The molecule has 0 aromatic heterocycles. The second kappa shape index (κ2) is 8.27. The Morgan fingerprint density at radius 1 is 1.54 bits per heavy atom. The predicted molar refractivity (Wildman–Crippen MR) is 59.8 cm³/mol. The molecule has 2 nitrogen and oxygen atoms in total. The van der Waals surface area contributed by atoms with Gasteiger partial charge in [-0.15, -0.1) is 6.58 Å². The first kappa shape index (κ1) is 12.7. The van der Waals surface area contributed by atoms with Crippen LogP contribution in [0.25, 0.3) is 0 Å². The van der Waals surface area contributed by atoms with Gasteiger partial charge in [-0.2, -0.15) is 0 Å². The van der Waals surface area contributed by atoms with Crippen LogP contribution in [0.1, 0.15) is 32.6 Å². The molecule has 0 bridgehead atoms. The zero-order valence-corrected chi connectivity index (χ0v) is 9.13. The molecule has 2 heteroatoms. The van der Waals surface area contributed by atoms with Gasteiger partial charge in [-0.1, -0.05) is 19.4 Å². The van der Waals surface area contributed by atoms with Gasteiger partial charge in [0.25, 0.3) is 0 Å². The van der Waals surface area contributed by atoms with E-state index < -0.39 is 0 Å². The zero-order valence-electron chi connectivity index (χ0n) is 9.13. The molecule has 0 fully saturated rings. The Hall–Kier alpha value is -0.340. The smallest absolute Gasteiger partial charge is 0.0215 e. The normalized spacial score (nSPS) is 13.2. The highest BCUT2D eigenvalue weighted by Gasteiger charge is 2.10. The fourth-order valence-electron chi connectivity index (χ4n) is 1.52. The molecular weight excluding hydrogens is 160 g/mol. The van der Waals surface area contributed by atoms with Crippen molar-refractivity contribution in [2.75, 3.05) is 20.1 Å². The van der Waals surface area contributed by atoms with Gasteiger partial charge in [0.2, 0.25) is 0 Å². The average Bonchev–Trinajstić information content (AvgIpc) is 2.14. The quantitative estimate of drug-likeness (QED) is 0.462. The molecule has 0 saturated heterocycles. The third kappa shape index (κ3) is 5.83. The minimum absolute atomic E-state index is 0.565. The first-order valence-electron chi connectivity index (χ1n) is 5.27. The summed E-state index contributed by atoms with van der Waals surface area (Å²) in [6.07, 6.45) is 6.70. The van der Waals surface area contributed by atoms with Gasteiger partial charge in [0, 0.05) is 12.6 Å². The van der Waals surface area contributed by atoms with Crippen LogP contribution in [0.15, 0.2) is 12.7 Å². The zero-order chi connectivity index (χ0) is 10.1. The standard InChI is InChI=1S/C11H24N2/c1-4-6-7-9-13(3)11(10-12)8-5-2/h4,11H,1,5-10,12H2,2-3H3. The minimum atomic E-state index is 0.565. The van der Waals surface area contributed by atoms with Gasteiger partial charge in [-0.25, -0.2) is 0 Å². The summed E-state index contributed by atoms with van der Waals surface area (Å²) < 4.78 is 0. The minimum Gasteiger partial charge on any atom is -0.329 e. The van der Waals surface area contributed by atoms with Crippen LogP contribution < -0.4 is 5.73 Å². The van der Waals surface area contributed by atoms with Crippen LogP contribution in [0.3, 0.4) is 0 Å². The first-order valence-corrected chi connectivity index (χ1v) is 5.27. The van der Waals surface area contributed by atoms with Crippen molar-refractivity contribution in [3.8, 4) is 0 Å². The lowest BCUT2D eigenvalue weighted by atomic mass is 10.1. The summed E-state index contributed by atoms with van der Waals surface area (Å²) in [6.45, 7) is 7.83. The summed E-state index contributed by atoms with van der Waals surface area (Å²) in [5.74, 6) is 0. The molecule has 0 aromatic rings. The van der Waals surface area contributed by atoms with Gasteiger partial charge in [-0.05, 0) is 32.9 Å². The summed E-state index contributed by atoms with van der Waals surface area (Å²) in [5, 5.41) is 0. The van der Waals surface area contributed by atoms with Crippen molar-refractivity contribution in [3.63, 3.8) is 0 Å². The van der Waals surface area contributed by atoms with E-state index in [2.05, 4.69) is 25.5 Å². The van der Waals surface area contributed by atoms with Crippen LogP contribution in [0.2, 0.25) is 0 Å².